The summed E-state index contributed by atoms with van der Waals surface area (Å²) >= 11 is 7.07. The smallest absolute Gasteiger partial charge is 0.254 e. The number of hydrogen-bond acceptors (Lipinski definition) is 6. The Morgan fingerprint density at radius 3 is 2.52 bits per heavy atom. The van der Waals surface area contributed by atoms with Gasteiger partial charge in [0.15, 0.2) is 5.13 Å². The molecule has 3 amide bonds. The molecular weight excluding hydrogens is 416 g/mol. The van der Waals surface area contributed by atoms with Crippen LogP contribution in [0.4, 0.5) is 5.13 Å². The minimum atomic E-state index is -0.374. The highest BCUT2D eigenvalue weighted by molar-refractivity contribution is 7.13. The van der Waals surface area contributed by atoms with E-state index >= 15 is 0 Å². The van der Waals surface area contributed by atoms with Crippen molar-refractivity contribution in [3.05, 3.63) is 45.9 Å². The molecule has 0 aliphatic rings. The number of hydroxylamine groups is 1. The summed E-state index contributed by atoms with van der Waals surface area (Å²) in [5, 5.41) is 5.24. The molecule has 0 spiro atoms. The lowest BCUT2D eigenvalue weighted by Gasteiger charge is -2.26. The molecule has 0 aliphatic carbocycles. The molecule has 0 atom stereocenters. The van der Waals surface area contributed by atoms with Crippen LogP contribution < -0.4 is 10.8 Å². The molecule has 0 fully saturated rings. The van der Waals surface area contributed by atoms with Gasteiger partial charge in [-0.3, -0.25) is 19.2 Å². The SMILES string of the molecule is CCONC(=O)Cc1csc(NC(=O)CN(C(=O)c2ccc(Cl)cc2)C(C)C)n1. The first-order valence-electron chi connectivity index (χ1n) is 9.01. The Labute approximate surface area is 178 Å². The van der Waals surface area contributed by atoms with Crippen LogP contribution in [0.25, 0.3) is 0 Å². The summed E-state index contributed by atoms with van der Waals surface area (Å²) in [6.07, 6.45) is 0.0412. The maximum atomic E-state index is 12.7. The van der Waals surface area contributed by atoms with E-state index in [0.717, 1.165) is 0 Å². The predicted octanol–water partition coefficient (Wildman–Crippen LogP) is 2.90. The molecule has 156 valence electrons. The Hall–Kier alpha value is -2.49. The second-order valence-corrected chi connectivity index (χ2v) is 7.66. The number of carbonyl (C=O) groups is 3. The molecular formula is C19H23ClN4O4S. The molecule has 2 N–H and O–H groups in total. The van der Waals surface area contributed by atoms with Crippen LogP contribution in [0.15, 0.2) is 29.6 Å². The average Bonchev–Trinajstić information content (AvgIpc) is 3.10. The van der Waals surface area contributed by atoms with Gasteiger partial charge in [0.2, 0.25) is 11.8 Å². The Morgan fingerprint density at radius 2 is 1.90 bits per heavy atom. The van der Waals surface area contributed by atoms with Gasteiger partial charge in [-0.2, -0.15) is 0 Å². The van der Waals surface area contributed by atoms with Gasteiger partial charge >= 0.3 is 0 Å². The largest absolute Gasteiger partial charge is 0.327 e. The van der Waals surface area contributed by atoms with Gasteiger partial charge in [-0.05, 0) is 45.0 Å². The zero-order chi connectivity index (χ0) is 21.4. The van der Waals surface area contributed by atoms with Crippen molar-refractivity contribution in [2.24, 2.45) is 0 Å². The number of aromatic nitrogens is 1. The molecule has 1 heterocycles. The van der Waals surface area contributed by atoms with E-state index in [-0.39, 0.29) is 36.7 Å². The molecule has 0 saturated heterocycles. The van der Waals surface area contributed by atoms with Gasteiger partial charge in [0.05, 0.1) is 18.7 Å². The fraction of sp³-hybridized carbons (Fsp3) is 0.368. The van der Waals surface area contributed by atoms with Crippen molar-refractivity contribution in [3.63, 3.8) is 0 Å². The lowest BCUT2D eigenvalue weighted by Crippen LogP contribution is -2.42. The number of hydrogen-bond donors (Lipinski definition) is 2. The van der Waals surface area contributed by atoms with E-state index in [1.54, 1.807) is 36.6 Å². The van der Waals surface area contributed by atoms with Crippen LogP contribution in [0.3, 0.4) is 0 Å². The van der Waals surface area contributed by atoms with Gasteiger partial charge in [0.25, 0.3) is 5.91 Å². The quantitative estimate of drug-likeness (QED) is 0.586. The second kappa shape index (κ2) is 10.9. The number of benzene rings is 1. The van der Waals surface area contributed by atoms with Crippen molar-refractivity contribution in [2.45, 2.75) is 33.2 Å². The summed E-state index contributed by atoms with van der Waals surface area (Å²) < 4.78 is 0. The Kier molecular flexibility index (Phi) is 8.56. The van der Waals surface area contributed by atoms with Crippen molar-refractivity contribution in [2.75, 3.05) is 18.5 Å². The molecule has 0 bridgehead atoms. The van der Waals surface area contributed by atoms with Crippen LogP contribution in [0.5, 0.6) is 0 Å². The Bertz CT molecular complexity index is 854. The first-order valence-corrected chi connectivity index (χ1v) is 10.3. The third-order valence-electron chi connectivity index (χ3n) is 3.76. The van der Waals surface area contributed by atoms with Crippen LogP contribution in [0.2, 0.25) is 5.02 Å². The van der Waals surface area contributed by atoms with Gasteiger partial charge in [0, 0.05) is 22.0 Å². The monoisotopic (exact) mass is 438 g/mol. The summed E-state index contributed by atoms with van der Waals surface area (Å²) in [7, 11) is 0. The maximum absolute atomic E-state index is 12.7. The van der Waals surface area contributed by atoms with E-state index in [0.29, 0.717) is 28.0 Å². The molecule has 0 aliphatic heterocycles. The van der Waals surface area contributed by atoms with Gasteiger partial charge in [0.1, 0.15) is 6.54 Å². The van der Waals surface area contributed by atoms with Crippen molar-refractivity contribution in [1.29, 1.82) is 0 Å². The lowest BCUT2D eigenvalue weighted by molar-refractivity contribution is -0.132. The highest BCUT2D eigenvalue weighted by Crippen LogP contribution is 2.17. The Morgan fingerprint density at radius 1 is 1.21 bits per heavy atom. The molecule has 10 heteroatoms. The summed E-state index contributed by atoms with van der Waals surface area (Å²) in [5.41, 5.74) is 3.25. The number of carbonyl (C=O) groups excluding carboxylic acids is 3. The molecule has 2 rings (SSSR count). The summed E-state index contributed by atoms with van der Waals surface area (Å²) in [6.45, 7) is 5.66. The summed E-state index contributed by atoms with van der Waals surface area (Å²) in [5.74, 6) is -0.963. The molecule has 1 aromatic heterocycles. The van der Waals surface area contributed by atoms with Crippen LogP contribution in [0.1, 0.15) is 36.8 Å². The first kappa shape index (κ1) is 22.8. The van der Waals surface area contributed by atoms with Gasteiger partial charge in [-0.1, -0.05) is 11.6 Å². The number of amides is 3. The zero-order valence-electron chi connectivity index (χ0n) is 16.4. The second-order valence-electron chi connectivity index (χ2n) is 6.36. The summed E-state index contributed by atoms with van der Waals surface area (Å²) in [4.78, 5) is 47.3. The van der Waals surface area contributed by atoms with Crippen molar-refractivity contribution < 1.29 is 19.2 Å². The van der Waals surface area contributed by atoms with Crippen LogP contribution in [0, 0.1) is 0 Å². The topological polar surface area (TPSA) is 101 Å². The van der Waals surface area contributed by atoms with E-state index in [9.17, 15) is 14.4 Å². The normalized spacial score (nSPS) is 10.7. The minimum absolute atomic E-state index is 0.0412. The standard InChI is InChI=1S/C19H23ClN4O4S/c1-4-28-23-16(25)9-15-11-29-19(21-15)22-17(26)10-24(12(2)3)18(27)13-5-7-14(20)8-6-13/h5-8,11-12H,4,9-10H2,1-3H3,(H,23,25)(H,21,22,26). The maximum Gasteiger partial charge on any atom is 0.254 e. The van der Waals surface area contributed by atoms with E-state index in [2.05, 4.69) is 15.8 Å². The molecule has 2 aromatic rings. The molecule has 1 aromatic carbocycles. The summed E-state index contributed by atoms with van der Waals surface area (Å²) in [6, 6.07) is 6.33. The number of rotatable bonds is 9. The van der Waals surface area contributed by atoms with Crippen LogP contribution in [-0.4, -0.2) is 46.8 Å². The lowest BCUT2D eigenvalue weighted by atomic mass is 10.1. The molecule has 0 saturated carbocycles. The predicted molar refractivity (Wildman–Crippen MR) is 112 cm³/mol. The van der Waals surface area contributed by atoms with E-state index in [1.807, 2.05) is 13.8 Å². The van der Waals surface area contributed by atoms with E-state index < -0.39 is 0 Å². The average molecular weight is 439 g/mol. The van der Waals surface area contributed by atoms with Crippen molar-refractivity contribution in [3.8, 4) is 0 Å². The first-order chi connectivity index (χ1) is 13.8. The van der Waals surface area contributed by atoms with Crippen LogP contribution in [-0.2, 0) is 20.8 Å². The Balaban J connectivity index is 1.96. The van der Waals surface area contributed by atoms with Crippen molar-refractivity contribution >= 4 is 45.8 Å². The van der Waals surface area contributed by atoms with Gasteiger partial charge in [-0.15, -0.1) is 11.3 Å². The molecule has 0 unspecified atom stereocenters. The number of thiazole rings is 1. The van der Waals surface area contributed by atoms with Crippen LogP contribution >= 0.6 is 22.9 Å². The number of halogens is 1. The fourth-order valence-electron chi connectivity index (χ4n) is 2.36. The number of nitrogens with zero attached hydrogens (tertiary/aromatic N) is 2. The van der Waals surface area contributed by atoms with Crippen molar-refractivity contribution in [1.82, 2.24) is 15.4 Å². The van der Waals surface area contributed by atoms with Gasteiger partial charge < -0.3 is 10.2 Å². The minimum Gasteiger partial charge on any atom is -0.327 e. The highest BCUT2D eigenvalue weighted by Gasteiger charge is 2.22. The van der Waals surface area contributed by atoms with E-state index in [4.69, 9.17) is 16.4 Å². The molecule has 0 radical (unpaired) electrons. The number of anilines is 1. The van der Waals surface area contributed by atoms with Gasteiger partial charge in [-0.25, -0.2) is 10.5 Å². The molecule has 8 nitrogen and oxygen atoms in total. The third kappa shape index (κ3) is 7.12. The third-order valence-corrected chi connectivity index (χ3v) is 4.82. The van der Waals surface area contributed by atoms with E-state index in [1.165, 1.54) is 16.2 Å². The highest BCUT2D eigenvalue weighted by atomic mass is 35.5. The number of nitrogens with one attached hydrogen (secondary N) is 2. The zero-order valence-corrected chi connectivity index (χ0v) is 18.0. The molecule has 29 heavy (non-hydrogen) atoms. The fourth-order valence-corrected chi connectivity index (χ4v) is 3.21.